The van der Waals surface area contributed by atoms with E-state index in [1.165, 1.54) is 33.1 Å². The van der Waals surface area contributed by atoms with Gasteiger partial charge in [-0.1, -0.05) is 11.8 Å². The maximum Gasteiger partial charge on any atom is 0.276 e. The molecule has 0 radical (unpaired) electrons. The van der Waals surface area contributed by atoms with Crippen molar-refractivity contribution in [2.24, 2.45) is 0 Å². The van der Waals surface area contributed by atoms with Crippen LogP contribution in [0.4, 0.5) is 0 Å². The highest BCUT2D eigenvalue weighted by Gasteiger charge is 2.17. The highest BCUT2D eigenvalue weighted by atomic mass is 32.2. The number of rotatable bonds is 7. The lowest BCUT2D eigenvalue weighted by Crippen LogP contribution is -1.95. The fraction of sp³-hybridized carbons (Fsp3) is 0.385. The zero-order chi connectivity index (χ0) is 15.2. The Morgan fingerprint density at radius 3 is 2.29 bits per heavy atom. The molecule has 0 fully saturated rings. The molecule has 114 valence electrons. The van der Waals surface area contributed by atoms with Crippen LogP contribution in [-0.2, 0) is 0 Å². The van der Waals surface area contributed by atoms with Gasteiger partial charge in [0.15, 0.2) is 11.5 Å². The van der Waals surface area contributed by atoms with Crippen LogP contribution in [0.1, 0.15) is 0 Å². The first-order valence-electron chi connectivity index (χ1n) is 6.11. The van der Waals surface area contributed by atoms with E-state index in [1.807, 2.05) is 0 Å². The fourth-order valence-electron chi connectivity index (χ4n) is 1.72. The molecule has 21 heavy (non-hydrogen) atoms. The van der Waals surface area contributed by atoms with E-state index in [9.17, 15) is 0 Å². The van der Waals surface area contributed by atoms with Gasteiger partial charge < -0.3 is 23.7 Å². The van der Waals surface area contributed by atoms with Crippen molar-refractivity contribution < 1.29 is 23.7 Å². The normalized spacial score (nSPS) is 10.5. The molecule has 0 aliphatic rings. The van der Waals surface area contributed by atoms with Crippen LogP contribution in [-0.4, -0.2) is 49.0 Å². The van der Waals surface area contributed by atoms with Crippen LogP contribution in [0.15, 0.2) is 21.8 Å². The van der Waals surface area contributed by atoms with E-state index >= 15 is 0 Å². The van der Waals surface area contributed by atoms with Gasteiger partial charge in [-0.25, -0.2) is 0 Å². The molecule has 0 saturated heterocycles. The van der Waals surface area contributed by atoms with Gasteiger partial charge in [-0.15, -0.1) is 10.2 Å². The van der Waals surface area contributed by atoms with Crippen LogP contribution in [0.2, 0.25) is 0 Å². The number of aromatic nitrogens is 2. The maximum absolute atomic E-state index is 8.79. The van der Waals surface area contributed by atoms with Crippen molar-refractivity contribution in [2.45, 2.75) is 5.22 Å². The van der Waals surface area contributed by atoms with Crippen LogP contribution in [0.5, 0.6) is 17.2 Å². The quantitative estimate of drug-likeness (QED) is 0.775. The Kier molecular flexibility index (Phi) is 5.29. The van der Waals surface area contributed by atoms with Crippen molar-refractivity contribution in [2.75, 3.05) is 33.7 Å². The van der Waals surface area contributed by atoms with Gasteiger partial charge in [0.05, 0.1) is 27.9 Å². The molecule has 8 heteroatoms. The molecule has 0 aliphatic carbocycles. The average molecular weight is 312 g/mol. The molecule has 7 nitrogen and oxygen atoms in total. The van der Waals surface area contributed by atoms with Crippen LogP contribution in [0, 0.1) is 0 Å². The van der Waals surface area contributed by atoms with Crippen molar-refractivity contribution >= 4 is 11.8 Å². The van der Waals surface area contributed by atoms with Gasteiger partial charge >= 0.3 is 0 Å². The lowest BCUT2D eigenvalue weighted by atomic mass is 10.2. The molecule has 0 unspecified atom stereocenters. The first-order valence-corrected chi connectivity index (χ1v) is 7.09. The second kappa shape index (κ2) is 7.19. The molecular formula is C13H16N2O5S. The summed E-state index contributed by atoms with van der Waals surface area (Å²) in [5.74, 6) is 2.36. The predicted molar refractivity (Wildman–Crippen MR) is 77.2 cm³/mol. The van der Waals surface area contributed by atoms with Gasteiger partial charge in [-0.3, -0.25) is 0 Å². The number of methoxy groups -OCH3 is 3. The lowest BCUT2D eigenvalue weighted by molar-refractivity contribution is 0.322. The van der Waals surface area contributed by atoms with E-state index in [-0.39, 0.29) is 6.61 Å². The molecule has 1 N–H and O–H groups in total. The molecule has 1 heterocycles. The number of benzene rings is 1. The number of aliphatic hydroxyl groups is 1. The monoisotopic (exact) mass is 312 g/mol. The number of ether oxygens (including phenoxy) is 3. The third-order valence-electron chi connectivity index (χ3n) is 2.63. The third-order valence-corrected chi connectivity index (χ3v) is 3.43. The summed E-state index contributed by atoms with van der Waals surface area (Å²) in [6.45, 7) is 0.0482. The van der Waals surface area contributed by atoms with E-state index in [0.717, 1.165) is 0 Å². The molecule has 0 aliphatic heterocycles. The Morgan fingerprint density at radius 2 is 1.76 bits per heavy atom. The summed E-state index contributed by atoms with van der Waals surface area (Å²) in [6, 6.07) is 3.46. The topological polar surface area (TPSA) is 86.8 Å². The summed E-state index contributed by atoms with van der Waals surface area (Å²) in [6.07, 6.45) is 0. The van der Waals surface area contributed by atoms with Gasteiger partial charge in [0.1, 0.15) is 0 Å². The second-order valence-corrected chi connectivity index (χ2v) is 4.91. The van der Waals surface area contributed by atoms with Gasteiger partial charge in [0.2, 0.25) is 11.6 Å². The zero-order valence-corrected chi connectivity index (χ0v) is 12.8. The smallest absolute Gasteiger partial charge is 0.276 e. The minimum absolute atomic E-state index is 0.0482. The van der Waals surface area contributed by atoms with Crippen molar-refractivity contribution in [3.63, 3.8) is 0 Å². The SMILES string of the molecule is COc1cc(-c2nnc(SCCO)o2)cc(OC)c1OC. The van der Waals surface area contributed by atoms with E-state index in [4.69, 9.17) is 23.7 Å². The summed E-state index contributed by atoms with van der Waals surface area (Å²) >= 11 is 1.29. The number of hydrogen-bond donors (Lipinski definition) is 1. The first kappa shape index (κ1) is 15.5. The van der Waals surface area contributed by atoms with Crippen molar-refractivity contribution in [1.82, 2.24) is 10.2 Å². The summed E-state index contributed by atoms with van der Waals surface area (Å²) < 4.78 is 21.3. The van der Waals surface area contributed by atoms with E-state index in [2.05, 4.69) is 10.2 Å². The Labute approximate surface area is 126 Å². The summed E-state index contributed by atoms with van der Waals surface area (Å²) in [5.41, 5.74) is 0.660. The number of hydrogen-bond acceptors (Lipinski definition) is 8. The van der Waals surface area contributed by atoms with Gasteiger partial charge in [-0.2, -0.15) is 0 Å². The second-order valence-electron chi connectivity index (χ2n) is 3.86. The maximum atomic E-state index is 8.79. The van der Waals surface area contributed by atoms with Gasteiger partial charge in [0.25, 0.3) is 5.22 Å². The third kappa shape index (κ3) is 3.40. The molecule has 0 spiro atoms. The van der Waals surface area contributed by atoms with Crippen LogP contribution in [0.3, 0.4) is 0 Å². The highest BCUT2D eigenvalue weighted by molar-refractivity contribution is 7.99. The largest absolute Gasteiger partial charge is 0.493 e. The van der Waals surface area contributed by atoms with Crippen LogP contribution >= 0.6 is 11.8 Å². The van der Waals surface area contributed by atoms with Crippen molar-refractivity contribution in [3.8, 4) is 28.7 Å². The van der Waals surface area contributed by atoms with Crippen molar-refractivity contribution in [3.05, 3.63) is 12.1 Å². The van der Waals surface area contributed by atoms with E-state index < -0.39 is 0 Å². The molecule has 1 aromatic heterocycles. The minimum atomic E-state index is 0.0482. The molecule has 2 aromatic rings. The van der Waals surface area contributed by atoms with Gasteiger partial charge in [-0.05, 0) is 12.1 Å². The lowest BCUT2D eigenvalue weighted by Gasteiger charge is -2.12. The summed E-state index contributed by atoms with van der Waals surface area (Å²) in [7, 11) is 4.62. The number of aliphatic hydroxyl groups excluding tert-OH is 1. The van der Waals surface area contributed by atoms with E-state index in [0.29, 0.717) is 39.7 Å². The Morgan fingerprint density at radius 1 is 1.10 bits per heavy atom. The molecule has 0 bridgehead atoms. The molecule has 1 aromatic carbocycles. The molecular weight excluding hydrogens is 296 g/mol. The zero-order valence-electron chi connectivity index (χ0n) is 12.0. The Hall–Kier alpha value is -1.93. The number of thioether (sulfide) groups is 1. The fourth-order valence-corrected chi connectivity index (χ4v) is 2.22. The molecule has 0 amide bonds. The van der Waals surface area contributed by atoms with Crippen LogP contribution < -0.4 is 14.2 Å². The number of nitrogens with zero attached hydrogens (tertiary/aromatic N) is 2. The summed E-state index contributed by atoms with van der Waals surface area (Å²) in [5, 5.41) is 17.1. The minimum Gasteiger partial charge on any atom is -0.493 e. The average Bonchev–Trinajstić information content (AvgIpc) is 3.00. The highest BCUT2D eigenvalue weighted by Crippen LogP contribution is 2.41. The summed E-state index contributed by atoms with van der Waals surface area (Å²) in [4.78, 5) is 0. The Balaban J connectivity index is 2.37. The first-order chi connectivity index (χ1) is 10.2. The van der Waals surface area contributed by atoms with Crippen LogP contribution in [0.25, 0.3) is 11.5 Å². The van der Waals surface area contributed by atoms with E-state index in [1.54, 1.807) is 12.1 Å². The Bertz CT molecular complexity index is 577. The van der Waals surface area contributed by atoms with Crippen molar-refractivity contribution in [1.29, 1.82) is 0 Å². The standard InChI is InChI=1S/C13H16N2O5S/c1-17-9-6-8(7-10(18-2)11(9)19-3)12-14-15-13(20-12)21-5-4-16/h6-7,16H,4-5H2,1-3H3. The molecule has 0 saturated carbocycles. The molecule has 0 atom stereocenters. The molecule has 2 rings (SSSR count). The predicted octanol–water partition coefficient (Wildman–Crippen LogP) is 1.85. The van der Waals surface area contributed by atoms with Gasteiger partial charge in [0, 0.05) is 11.3 Å².